The zero-order chi connectivity index (χ0) is 21.8. The first-order valence-corrected chi connectivity index (χ1v) is 9.95. The summed E-state index contributed by atoms with van der Waals surface area (Å²) in [6.45, 7) is 1.44. The molecular weight excluding hydrogens is 397 g/mol. The van der Waals surface area contributed by atoms with Gasteiger partial charge in [-0.05, 0) is 49.2 Å². The fourth-order valence-corrected chi connectivity index (χ4v) is 3.92. The van der Waals surface area contributed by atoms with Crippen molar-refractivity contribution < 1.29 is 9.18 Å². The van der Waals surface area contributed by atoms with Crippen molar-refractivity contribution in [3.63, 3.8) is 0 Å². The second-order valence-electron chi connectivity index (χ2n) is 7.59. The van der Waals surface area contributed by atoms with Gasteiger partial charge in [-0.2, -0.15) is 10.4 Å². The van der Waals surface area contributed by atoms with E-state index < -0.39 is 11.4 Å². The molecule has 0 spiro atoms. The number of nitriles is 1. The molecule has 0 bridgehead atoms. The molecule has 0 aliphatic carbocycles. The molecule has 1 saturated heterocycles. The summed E-state index contributed by atoms with van der Waals surface area (Å²) in [5.74, 6) is -0.707. The number of nitrogens with zero attached hydrogens (tertiary/aromatic N) is 5. The maximum atomic E-state index is 13.2. The Morgan fingerprint density at radius 3 is 2.61 bits per heavy atom. The SMILES string of the molecule is N#CCC1(n2cc(C(N)=O)c(Nc3ccc(F)cc3)n2)CCN(c2cccnc2)CC1. The van der Waals surface area contributed by atoms with Crippen molar-refractivity contribution in [2.45, 2.75) is 24.8 Å². The molecule has 1 aromatic carbocycles. The van der Waals surface area contributed by atoms with E-state index in [-0.39, 0.29) is 23.6 Å². The molecule has 3 N–H and O–H groups in total. The zero-order valence-corrected chi connectivity index (χ0v) is 16.8. The smallest absolute Gasteiger partial charge is 0.254 e. The van der Waals surface area contributed by atoms with Gasteiger partial charge in [0.1, 0.15) is 11.4 Å². The quantitative estimate of drug-likeness (QED) is 0.635. The van der Waals surface area contributed by atoms with Crippen molar-refractivity contribution >= 4 is 23.1 Å². The third-order valence-corrected chi connectivity index (χ3v) is 5.69. The van der Waals surface area contributed by atoms with Crippen molar-refractivity contribution in [3.05, 3.63) is 66.4 Å². The number of nitrogens with two attached hydrogens (primary N) is 1. The largest absolute Gasteiger partial charge is 0.370 e. The number of carbonyl (C=O) groups excluding carboxylic acids is 1. The molecule has 158 valence electrons. The van der Waals surface area contributed by atoms with E-state index in [9.17, 15) is 14.4 Å². The normalized spacial score (nSPS) is 15.3. The van der Waals surface area contributed by atoms with Gasteiger partial charge in [-0.3, -0.25) is 14.5 Å². The van der Waals surface area contributed by atoms with Gasteiger partial charge in [0.25, 0.3) is 5.91 Å². The monoisotopic (exact) mass is 419 g/mol. The van der Waals surface area contributed by atoms with Crippen LogP contribution in [-0.2, 0) is 5.54 Å². The number of amides is 1. The Bertz CT molecular complexity index is 1100. The number of hydrogen-bond acceptors (Lipinski definition) is 6. The van der Waals surface area contributed by atoms with E-state index in [0.29, 0.717) is 18.5 Å². The van der Waals surface area contributed by atoms with Crippen LogP contribution in [0, 0.1) is 17.1 Å². The molecular formula is C22H22FN7O. The number of benzene rings is 1. The second-order valence-corrected chi connectivity index (χ2v) is 7.59. The van der Waals surface area contributed by atoms with E-state index >= 15 is 0 Å². The standard InChI is InChI=1S/C22H22FN7O/c23-16-3-5-17(6-4-16)27-21-19(20(25)31)15-30(28-21)22(7-10-24)8-12-29(13-9-22)18-2-1-11-26-14-18/h1-6,11,14-15H,7-9,12-13H2,(H2,25,31)(H,27,28). The van der Waals surface area contributed by atoms with Crippen molar-refractivity contribution in [1.82, 2.24) is 14.8 Å². The minimum Gasteiger partial charge on any atom is -0.370 e. The lowest BCUT2D eigenvalue weighted by Gasteiger charge is -2.41. The Hall–Kier alpha value is -3.93. The van der Waals surface area contributed by atoms with Crippen LogP contribution in [0.3, 0.4) is 0 Å². The van der Waals surface area contributed by atoms with Gasteiger partial charge in [-0.1, -0.05) is 0 Å². The molecule has 4 rings (SSSR count). The van der Waals surface area contributed by atoms with Crippen LogP contribution in [0.25, 0.3) is 0 Å². The van der Waals surface area contributed by atoms with Gasteiger partial charge in [0, 0.05) is 31.2 Å². The predicted molar refractivity (Wildman–Crippen MR) is 114 cm³/mol. The van der Waals surface area contributed by atoms with Crippen LogP contribution in [0.5, 0.6) is 0 Å². The number of piperidine rings is 1. The van der Waals surface area contributed by atoms with Gasteiger partial charge in [-0.15, -0.1) is 0 Å². The highest BCUT2D eigenvalue weighted by atomic mass is 19.1. The molecule has 0 radical (unpaired) electrons. The number of rotatable bonds is 6. The van der Waals surface area contributed by atoms with Crippen molar-refractivity contribution in [2.24, 2.45) is 5.73 Å². The van der Waals surface area contributed by atoms with Gasteiger partial charge < -0.3 is 16.0 Å². The molecule has 0 unspecified atom stereocenters. The lowest BCUT2D eigenvalue weighted by molar-refractivity contribution is 0.100. The average molecular weight is 419 g/mol. The highest BCUT2D eigenvalue weighted by Crippen LogP contribution is 2.36. The third kappa shape index (κ3) is 4.19. The van der Waals surface area contributed by atoms with Crippen LogP contribution in [-0.4, -0.2) is 33.8 Å². The van der Waals surface area contributed by atoms with Gasteiger partial charge in [0.2, 0.25) is 0 Å². The van der Waals surface area contributed by atoms with Crippen molar-refractivity contribution in [2.75, 3.05) is 23.3 Å². The van der Waals surface area contributed by atoms with Crippen LogP contribution in [0.4, 0.5) is 21.6 Å². The van der Waals surface area contributed by atoms with Crippen LogP contribution < -0.4 is 16.0 Å². The van der Waals surface area contributed by atoms with Crippen molar-refractivity contribution in [1.29, 1.82) is 5.26 Å². The molecule has 1 aliphatic heterocycles. The maximum absolute atomic E-state index is 13.2. The Labute approximate surface area is 179 Å². The number of pyridine rings is 1. The lowest BCUT2D eigenvalue weighted by atomic mass is 9.84. The molecule has 31 heavy (non-hydrogen) atoms. The van der Waals surface area contributed by atoms with E-state index in [1.54, 1.807) is 29.2 Å². The molecule has 2 aromatic heterocycles. The topological polar surface area (TPSA) is 113 Å². The summed E-state index contributed by atoms with van der Waals surface area (Å²) in [5.41, 5.74) is 6.85. The van der Waals surface area contributed by atoms with Gasteiger partial charge in [-0.25, -0.2) is 4.39 Å². The number of halogens is 1. The van der Waals surface area contributed by atoms with Gasteiger partial charge in [0.15, 0.2) is 5.82 Å². The highest BCUT2D eigenvalue weighted by Gasteiger charge is 2.38. The summed E-state index contributed by atoms with van der Waals surface area (Å²) >= 11 is 0. The van der Waals surface area contributed by atoms with E-state index in [4.69, 9.17) is 5.73 Å². The summed E-state index contributed by atoms with van der Waals surface area (Å²) in [4.78, 5) is 18.4. The first-order valence-electron chi connectivity index (χ1n) is 9.95. The fraction of sp³-hybridized carbons (Fsp3) is 0.273. The first-order chi connectivity index (χ1) is 15.0. The third-order valence-electron chi connectivity index (χ3n) is 5.69. The molecule has 3 heterocycles. The molecule has 1 fully saturated rings. The molecule has 9 heteroatoms. The van der Waals surface area contributed by atoms with Crippen LogP contribution in [0.15, 0.2) is 55.0 Å². The molecule has 1 amide bonds. The number of nitrogens with one attached hydrogen (secondary N) is 1. The molecule has 0 atom stereocenters. The van der Waals surface area contributed by atoms with E-state index in [1.165, 1.54) is 12.1 Å². The summed E-state index contributed by atoms with van der Waals surface area (Å²) in [6.07, 6.45) is 6.75. The zero-order valence-electron chi connectivity index (χ0n) is 16.8. The lowest BCUT2D eigenvalue weighted by Crippen LogP contribution is -2.46. The molecule has 8 nitrogen and oxygen atoms in total. The summed E-state index contributed by atoms with van der Waals surface area (Å²) in [7, 11) is 0. The van der Waals surface area contributed by atoms with Crippen molar-refractivity contribution in [3.8, 4) is 6.07 Å². The Morgan fingerprint density at radius 2 is 2.00 bits per heavy atom. The number of anilines is 3. The molecule has 1 aliphatic rings. The van der Waals surface area contributed by atoms with Crippen LogP contribution in [0.1, 0.15) is 29.6 Å². The second kappa shape index (κ2) is 8.44. The Morgan fingerprint density at radius 1 is 1.26 bits per heavy atom. The number of primary amides is 1. The molecule has 0 saturated carbocycles. The van der Waals surface area contributed by atoms with Crippen LogP contribution >= 0.6 is 0 Å². The van der Waals surface area contributed by atoms with Crippen LogP contribution in [0.2, 0.25) is 0 Å². The summed E-state index contributed by atoms with van der Waals surface area (Å²) in [5, 5.41) is 17.1. The van der Waals surface area contributed by atoms with Gasteiger partial charge in [0.05, 0.1) is 29.9 Å². The number of aromatic nitrogens is 3. The fourth-order valence-electron chi connectivity index (χ4n) is 3.92. The maximum Gasteiger partial charge on any atom is 0.254 e. The summed E-state index contributed by atoms with van der Waals surface area (Å²) < 4.78 is 14.9. The summed E-state index contributed by atoms with van der Waals surface area (Å²) in [6, 6.07) is 11.9. The molecule has 3 aromatic rings. The van der Waals surface area contributed by atoms with Gasteiger partial charge >= 0.3 is 0 Å². The minimum atomic E-state index is -0.629. The van der Waals surface area contributed by atoms with E-state index in [0.717, 1.165) is 18.8 Å². The van der Waals surface area contributed by atoms with E-state index in [1.807, 2.05) is 18.3 Å². The first kappa shape index (κ1) is 20.3. The highest BCUT2D eigenvalue weighted by molar-refractivity contribution is 5.98. The average Bonchev–Trinajstić information content (AvgIpc) is 3.21. The Balaban J connectivity index is 1.62. The minimum absolute atomic E-state index is 0.219. The van der Waals surface area contributed by atoms with E-state index in [2.05, 4.69) is 26.4 Å². The number of carbonyl (C=O) groups is 1. The predicted octanol–water partition coefficient (Wildman–Crippen LogP) is 3.17. The number of hydrogen-bond donors (Lipinski definition) is 2. The Kier molecular flexibility index (Phi) is 5.54.